The number of nitriles is 1. The van der Waals surface area contributed by atoms with E-state index in [1.54, 1.807) is 6.07 Å². The Morgan fingerprint density at radius 3 is 2.84 bits per heavy atom. The standard InChI is InChI=1S/C15H20N2O2/c1-17(12-15(18)5-7-19-8-6-15)11-14-4-2-3-13(9-14)10-16/h2-4,9,18H,5-8,11-12H2,1H3. The number of hydrogen-bond acceptors (Lipinski definition) is 4. The lowest BCUT2D eigenvalue weighted by molar-refractivity contribution is -0.0777. The largest absolute Gasteiger partial charge is 0.388 e. The molecule has 102 valence electrons. The molecule has 0 saturated carbocycles. The Hall–Kier alpha value is -1.41. The number of nitrogens with zero attached hydrogens (tertiary/aromatic N) is 2. The van der Waals surface area contributed by atoms with Crippen LogP contribution in [-0.4, -0.2) is 42.4 Å². The van der Waals surface area contributed by atoms with Crippen LogP contribution < -0.4 is 0 Å². The predicted octanol–water partition coefficient (Wildman–Crippen LogP) is 1.53. The van der Waals surface area contributed by atoms with E-state index >= 15 is 0 Å². The molecule has 4 heteroatoms. The molecule has 0 radical (unpaired) electrons. The van der Waals surface area contributed by atoms with Gasteiger partial charge in [-0.1, -0.05) is 12.1 Å². The van der Waals surface area contributed by atoms with Crippen molar-refractivity contribution in [2.75, 3.05) is 26.8 Å². The number of rotatable bonds is 4. The highest BCUT2D eigenvalue weighted by atomic mass is 16.5. The van der Waals surface area contributed by atoms with Crippen LogP contribution in [0.1, 0.15) is 24.0 Å². The molecule has 0 aliphatic carbocycles. The Morgan fingerprint density at radius 1 is 1.42 bits per heavy atom. The molecule has 0 bridgehead atoms. The van der Waals surface area contributed by atoms with Crippen molar-refractivity contribution >= 4 is 0 Å². The Balaban J connectivity index is 1.93. The first-order valence-corrected chi connectivity index (χ1v) is 6.59. The first-order valence-electron chi connectivity index (χ1n) is 6.59. The summed E-state index contributed by atoms with van der Waals surface area (Å²) in [6.45, 7) is 2.63. The number of likely N-dealkylation sites (N-methyl/N-ethyl adjacent to an activating group) is 1. The predicted molar refractivity (Wildman–Crippen MR) is 72.5 cm³/mol. The van der Waals surface area contributed by atoms with Crippen LogP contribution in [0, 0.1) is 11.3 Å². The van der Waals surface area contributed by atoms with Crippen LogP contribution in [0.2, 0.25) is 0 Å². The molecule has 0 amide bonds. The molecule has 1 aromatic rings. The van der Waals surface area contributed by atoms with E-state index in [9.17, 15) is 5.11 Å². The Bertz CT molecular complexity index is 461. The lowest BCUT2D eigenvalue weighted by Crippen LogP contribution is -2.45. The normalized spacial score (nSPS) is 18.2. The molecule has 19 heavy (non-hydrogen) atoms. The van der Waals surface area contributed by atoms with E-state index in [-0.39, 0.29) is 0 Å². The third kappa shape index (κ3) is 4.03. The number of aliphatic hydroxyl groups is 1. The van der Waals surface area contributed by atoms with Gasteiger partial charge in [-0.3, -0.25) is 4.90 Å². The quantitative estimate of drug-likeness (QED) is 0.892. The first kappa shape index (κ1) is 14.0. The van der Waals surface area contributed by atoms with Gasteiger partial charge in [0.2, 0.25) is 0 Å². The number of hydrogen-bond donors (Lipinski definition) is 1. The van der Waals surface area contributed by atoms with Crippen LogP contribution in [0.3, 0.4) is 0 Å². The maximum absolute atomic E-state index is 10.4. The van der Waals surface area contributed by atoms with Gasteiger partial charge in [0.25, 0.3) is 0 Å². The third-order valence-corrected chi connectivity index (χ3v) is 3.50. The van der Waals surface area contributed by atoms with Crippen molar-refractivity contribution in [3.63, 3.8) is 0 Å². The smallest absolute Gasteiger partial charge is 0.0991 e. The number of ether oxygens (including phenoxy) is 1. The van der Waals surface area contributed by atoms with Gasteiger partial charge in [-0.15, -0.1) is 0 Å². The average molecular weight is 260 g/mol. The molecule has 1 aliphatic rings. The second-order valence-corrected chi connectivity index (χ2v) is 5.32. The second-order valence-electron chi connectivity index (χ2n) is 5.32. The monoisotopic (exact) mass is 260 g/mol. The molecule has 0 spiro atoms. The Labute approximate surface area is 114 Å². The van der Waals surface area contributed by atoms with Gasteiger partial charge in [0.05, 0.1) is 17.2 Å². The summed E-state index contributed by atoms with van der Waals surface area (Å²) in [7, 11) is 1.99. The zero-order valence-corrected chi connectivity index (χ0v) is 11.3. The zero-order valence-electron chi connectivity index (χ0n) is 11.3. The molecule has 4 nitrogen and oxygen atoms in total. The SMILES string of the molecule is CN(Cc1cccc(C#N)c1)CC1(O)CCOCC1. The molecule has 1 aliphatic heterocycles. The molecule has 1 heterocycles. The molecule has 1 fully saturated rings. The fraction of sp³-hybridized carbons (Fsp3) is 0.533. The van der Waals surface area contributed by atoms with Crippen LogP contribution in [0.15, 0.2) is 24.3 Å². The van der Waals surface area contributed by atoms with Gasteiger partial charge in [-0.25, -0.2) is 0 Å². The van der Waals surface area contributed by atoms with Crippen molar-refractivity contribution in [2.45, 2.75) is 25.0 Å². The van der Waals surface area contributed by atoms with E-state index < -0.39 is 5.60 Å². The summed E-state index contributed by atoms with van der Waals surface area (Å²) < 4.78 is 5.28. The van der Waals surface area contributed by atoms with E-state index in [0.717, 1.165) is 12.1 Å². The average Bonchev–Trinajstić information content (AvgIpc) is 2.39. The Morgan fingerprint density at radius 2 is 2.16 bits per heavy atom. The van der Waals surface area contributed by atoms with Gasteiger partial charge in [0.1, 0.15) is 0 Å². The molecule has 1 N–H and O–H groups in total. The zero-order chi connectivity index (χ0) is 13.7. The minimum atomic E-state index is -0.639. The van der Waals surface area contributed by atoms with Crippen molar-refractivity contribution in [1.29, 1.82) is 5.26 Å². The van der Waals surface area contributed by atoms with Crippen molar-refractivity contribution in [1.82, 2.24) is 4.90 Å². The molecular formula is C15H20N2O2. The molecule has 1 aromatic carbocycles. The molecule has 0 aromatic heterocycles. The molecule has 1 saturated heterocycles. The summed E-state index contributed by atoms with van der Waals surface area (Å²) in [5.74, 6) is 0. The van der Waals surface area contributed by atoms with E-state index in [4.69, 9.17) is 10.00 Å². The van der Waals surface area contributed by atoms with E-state index in [1.165, 1.54) is 0 Å². The van der Waals surface area contributed by atoms with Crippen LogP contribution in [-0.2, 0) is 11.3 Å². The van der Waals surface area contributed by atoms with E-state index in [0.29, 0.717) is 38.2 Å². The van der Waals surface area contributed by atoms with E-state index in [1.807, 2.05) is 25.2 Å². The molecule has 0 unspecified atom stereocenters. The van der Waals surface area contributed by atoms with Gasteiger partial charge >= 0.3 is 0 Å². The van der Waals surface area contributed by atoms with Crippen molar-refractivity contribution in [2.24, 2.45) is 0 Å². The Kier molecular flexibility index (Phi) is 4.54. The van der Waals surface area contributed by atoms with Gasteiger partial charge < -0.3 is 9.84 Å². The highest BCUT2D eigenvalue weighted by Crippen LogP contribution is 2.22. The lowest BCUT2D eigenvalue weighted by atomic mass is 9.94. The topological polar surface area (TPSA) is 56.5 Å². The summed E-state index contributed by atoms with van der Waals surface area (Å²) in [6.07, 6.45) is 1.38. The first-order chi connectivity index (χ1) is 9.11. The van der Waals surface area contributed by atoms with E-state index in [2.05, 4.69) is 11.0 Å². The van der Waals surface area contributed by atoms with Crippen molar-refractivity contribution < 1.29 is 9.84 Å². The van der Waals surface area contributed by atoms with Crippen molar-refractivity contribution in [3.05, 3.63) is 35.4 Å². The summed E-state index contributed by atoms with van der Waals surface area (Å²) >= 11 is 0. The molecular weight excluding hydrogens is 240 g/mol. The maximum Gasteiger partial charge on any atom is 0.0991 e. The third-order valence-electron chi connectivity index (χ3n) is 3.50. The molecule has 2 rings (SSSR count). The van der Waals surface area contributed by atoms with Crippen LogP contribution in [0.4, 0.5) is 0 Å². The van der Waals surface area contributed by atoms with Crippen LogP contribution in [0.25, 0.3) is 0 Å². The van der Waals surface area contributed by atoms with Crippen LogP contribution in [0.5, 0.6) is 0 Å². The molecule has 0 atom stereocenters. The highest BCUT2D eigenvalue weighted by molar-refractivity contribution is 5.32. The maximum atomic E-state index is 10.4. The minimum Gasteiger partial charge on any atom is -0.388 e. The number of benzene rings is 1. The minimum absolute atomic E-state index is 0.632. The van der Waals surface area contributed by atoms with Crippen molar-refractivity contribution in [3.8, 4) is 6.07 Å². The summed E-state index contributed by atoms with van der Waals surface area (Å²) in [5, 5.41) is 19.3. The van der Waals surface area contributed by atoms with Crippen LogP contribution >= 0.6 is 0 Å². The highest BCUT2D eigenvalue weighted by Gasteiger charge is 2.30. The van der Waals surface area contributed by atoms with Gasteiger partial charge in [0.15, 0.2) is 0 Å². The summed E-state index contributed by atoms with van der Waals surface area (Å²) in [5.41, 5.74) is 1.13. The van der Waals surface area contributed by atoms with Gasteiger partial charge in [-0.2, -0.15) is 5.26 Å². The fourth-order valence-corrected chi connectivity index (χ4v) is 2.52. The van der Waals surface area contributed by atoms with Gasteiger partial charge in [-0.05, 0) is 24.7 Å². The van der Waals surface area contributed by atoms with Gasteiger partial charge in [0, 0.05) is 39.1 Å². The second kappa shape index (κ2) is 6.16. The summed E-state index contributed by atoms with van der Waals surface area (Å²) in [6, 6.07) is 9.74. The fourth-order valence-electron chi connectivity index (χ4n) is 2.52. The summed E-state index contributed by atoms with van der Waals surface area (Å²) in [4.78, 5) is 2.10. The lowest BCUT2D eigenvalue weighted by Gasteiger charge is -2.35.